The van der Waals surface area contributed by atoms with Crippen LogP contribution in [0.3, 0.4) is 0 Å². The molecule has 0 aromatic heterocycles. The van der Waals surface area contributed by atoms with Crippen molar-refractivity contribution in [3.8, 4) is 0 Å². The van der Waals surface area contributed by atoms with Crippen molar-refractivity contribution in [2.45, 2.75) is 12.3 Å². The first kappa shape index (κ1) is 8.79. The zero-order valence-electron chi connectivity index (χ0n) is 7.33. The summed E-state index contributed by atoms with van der Waals surface area (Å²) in [5.74, 6) is 0.497. The van der Waals surface area contributed by atoms with Gasteiger partial charge in [0.2, 0.25) is 0 Å². The number of hydrogen-bond donors (Lipinski definition) is 1. The Kier molecular flexibility index (Phi) is 2.38. The van der Waals surface area contributed by atoms with Crippen LogP contribution >= 0.6 is 11.6 Å². The Labute approximate surface area is 83.2 Å². The lowest BCUT2D eigenvalue weighted by molar-refractivity contribution is 0.757. The zero-order valence-corrected chi connectivity index (χ0v) is 8.09. The van der Waals surface area contributed by atoms with Gasteiger partial charge in [-0.3, -0.25) is 0 Å². The fourth-order valence-electron chi connectivity index (χ4n) is 1.78. The first-order chi connectivity index (χ1) is 6.31. The molecule has 2 heteroatoms. The number of allylic oxidation sites excluding steroid dienone is 1. The summed E-state index contributed by atoms with van der Waals surface area (Å²) >= 11 is 5.89. The highest BCUT2D eigenvalue weighted by atomic mass is 35.5. The molecule has 1 aliphatic carbocycles. The second kappa shape index (κ2) is 3.52. The molecule has 13 heavy (non-hydrogen) atoms. The van der Waals surface area contributed by atoms with Crippen LogP contribution in [0.1, 0.15) is 23.5 Å². The highest BCUT2D eigenvalue weighted by Gasteiger charge is 2.15. The summed E-state index contributed by atoms with van der Waals surface area (Å²) in [6.07, 6.45) is 5.35. The maximum atomic E-state index is 5.89. The molecule has 1 aromatic rings. The van der Waals surface area contributed by atoms with Gasteiger partial charge in [-0.15, -0.1) is 0 Å². The summed E-state index contributed by atoms with van der Waals surface area (Å²) in [6, 6.07) is 6.04. The summed E-state index contributed by atoms with van der Waals surface area (Å²) < 4.78 is 0. The molecule has 1 aromatic carbocycles. The molecular weight excluding hydrogens is 182 g/mol. The molecule has 0 aliphatic heterocycles. The van der Waals surface area contributed by atoms with Crippen LogP contribution < -0.4 is 5.73 Å². The summed E-state index contributed by atoms with van der Waals surface area (Å²) in [7, 11) is 0. The van der Waals surface area contributed by atoms with Crippen LogP contribution in [0.2, 0.25) is 5.02 Å². The van der Waals surface area contributed by atoms with E-state index in [1.54, 1.807) is 0 Å². The van der Waals surface area contributed by atoms with Crippen molar-refractivity contribution < 1.29 is 0 Å². The Morgan fingerprint density at radius 2 is 2.23 bits per heavy atom. The topological polar surface area (TPSA) is 26.0 Å². The molecular formula is C11H12ClN. The fourth-order valence-corrected chi connectivity index (χ4v) is 1.96. The normalized spacial score (nSPS) is 19.1. The number of fused-ring (bicyclic) bond motifs is 1. The smallest absolute Gasteiger partial charge is 0.0412 e. The number of rotatable bonds is 2. The van der Waals surface area contributed by atoms with Crippen LogP contribution in [0.4, 0.5) is 0 Å². The van der Waals surface area contributed by atoms with E-state index in [4.69, 9.17) is 17.3 Å². The number of nitrogens with two attached hydrogens (primary N) is 1. The van der Waals surface area contributed by atoms with Gasteiger partial charge < -0.3 is 5.73 Å². The lowest BCUT2D eigenvalue weighted by Gasteiger charge is -2.08. The molecule has 68 valence electrons. The predicted octanol–water partition coefficient (Wildman–Crippen LogP) is 2.80. The fraction of sp³-hybridized carbons (Fsp3) is 0.273. The lowest BCUT2D eigenvalue weighted by atomic mass is 9.98. The first-order valence-electron chi connectivity index (χ1n) is 4.49. The van der Waals surface area contributed by atoms with E-state index in [2.05, 4.69) is 18.2 Å². The van der Waals surface area contributed by atoms with Gasteiger partial charge in [0.15, 0.2) is 0 Å². The summed E-state index contributed by atoms with van der Waals surface area (Å²) in [4.78, 5) is 0. The predicted molar refractivity (Wildman–Crippen MR) is 56.9 cm³/mol. The number of halogens is 1. The van der Waals surface area contributed by atoms with Gasteiger partial charge in [0.1, 0.15) is 0 Å². The van der Waals surface area contributed by atoms with Crippen LogP contribution in [-0.2, 0) is 0 Å². The SMILES string of the molecule is NCCC1C=Cc2cc(Cl)ccc21. The molecule has 2 rings (SSSR count). The van der Waals surface area contributed by atoms with Crippen molar-refractivity contribution in [3.05, 3.63) is 40.4 Å². The van der Waals surface area contributed by atoms with E-state index >= 15 is 0 Å². The number of benzene rings is 1. The Bertz CT molecular complexity index is 344. The number of hydrogen-bond acceptors (Lipinski definition) is 1. The Morgan fingerprint density at radius 1 is 1.38 bits per heavy atom. The molecule has 0 spiro atoms. The van der Waals surface area contributed by atoms with Crippen molar-refractivity contribution in [2.24, 2.45) is 5.73 Å². The summed E-state index contributed by atoms with van der Waals surface area (Å²) in [5, 5.41) is 0.803. The molecule has 0 heterocycles. The third kappa shape index (κ3) is 1.62. The van der Waals surface area contributed by atoms with E-state index in [0.717, 1.165) is 18.0 Å². The third-order valence-corrected chi connectivity index (χ3v) is 2.67. The van der Waals surface area contributed by atoms with Crippen LogP contribution in [0.15, 0.2) is 24.3 Å². The van der Waals surface area contributed by atoms with E-state index in [9.17, 15) is 0 Å². The third-order valence-electron chi connectivity index (χ3n) is 2.43. The van der Waals surface area contributed by atoms with E-state index in [1.807, 2.05) is 12.1 Å². The summed E-state index contributed by atoms with van der Waals surface area (Å²) in [6.45, 7) is 0.733. The quantitative estimate of drug-likeness (QED) is 0.768. The van der Waals surface area contributed by atoms with Gasteiger partial charge in [-0.2, -0.15) is 0 Å². The van der Waals surface area contributed by atoms with Gasteiger partial charge in [0.25, 0.3) is 0 Å². The second-order valence-electron chi connectivity index (χ2n) is 3.32. The second-order valence-corrected chi connectivity index (χ2v) is 3.75. The average molecular weight is 194 g/mol. The largest absolute Gasteiger partial charge is 0.330 e. The van der Waals surface area contributed by atoms with Gasteiger partial charge in [-0.25, -0.2) is 0 Å². The van der Waals surface area contributed by atoms with Crippen molar-refractivity contribution in [2.75, 3.05) is 6.54 Å². The first-order valence-corrected chi connectivity index (χ1v) is 4.87. The van der Waals surface area contributed by atoms with Crippen molar-refractivity contribution in [1.29, 1.82) is 0 Å². The van der Waals surface area contributed by atoms with Crippen molar-refractivity contribution in [1.82, 2.24) is 0 Å². The Morgan fingerprint density at radius 3 is 3.00 bits per heavy atom. The Hall–Kier alpha value is -0.790. The van der Waals surface area contributed by atoms with Gasteiger partial charge in [0, 0.05) is 10.9 Å². The van der Waals surface area contributed by atoms with E-state index in [1.165, 1.54) is 11.1 Å². The van der Waals surface area contributed by atoms with Gasteiger partial charge in [-0.05, 0) is 36.2 Å². The maximum absolute atomic E-state index is 5.89. The molecule has 1 unspecified atom stereocenters. The molecule has 0 saturated heterocycles. The minimum Gasteiger partial charge on any atom is -0.330 e. The maximum Gasteiger partial charge on any atom is 0.0412 e. The molecule has 0 fully saturated rings. The minimum absolute atomic E-state index is 0.497. The van der Waals surface area contributed by atoms with Crippen LogP contribution in [-0.4, -0.2) is 6.54 Å². The monoisotopic (exact) mass is 193 g/mol. The highest BCUT2D eigenvalue weighted by Crippen LogP contribution is 2.33. The standard InChI is InChI=1S/C11H12ClN/c12-10-3-4-11-8(5-6-13)1-2-9(11)7-10/h1-4,7-8H,5-6,13H2. The minimum atomic E-state index is 0.497. The Balaban J connectivity index is 2.32. The molecule has 1 aliphatic rings. The molecule has 0 amide bonds. The molecule has 2 N–H and O–H groups in total. The van der Waals surface area contributed by atoms with Gasteiger partial charge in [-0.1, -0.05) is 29.8 Å². The van der Waals surface area contributed by atoms with Gasteiger partial charge in [0.05, 0.1) is 0 Å². The van der Waals surface area contributed by atoms with Gasteiger partial charge >= 0.3 is 0 Å². The van der Waals surface area contributed by atoms with Crippen LogP contribution in [0, 0.1) is 0 Å². The zero-order chi connectivity index (χ0) is 9.26. The van der Waals surface area contributed by atoms with E-state index in [-0.39, 0.29) is 0 Å². The van der Waals surface area contributed by atoms with Crippen molar-refractivity contribution >= 4 is 17.7 Å². The van der Waals surface area contributed by atoms with Crippen LogP contribution in [0.25, 0.3) is 6.08 Å². The highest BCUT2D eigenvalue weighted by molar-refractivity contribution is 6.30. The molecule has 1 atom stereocenters. The molecule has 1 nitrogen and oxygen atoms in total. The molecule has 0 bridgehead atoms. The van der Waals surface area contributed by atoms with Crippen molar-refractivity contribution in [3.63, 3.8) is 0 Å². The van der Waals surface area contributed by atoms with Crippen LogP contribution in [0.5, 0.6) is 0 Å². The summed E-state index contributed by atoms with van der Waals surface area (Å²) in [5.41, 5.74) is 8.13. The lowest BCUT2D eigenvalue weighted by Crippen LogP contribution is -2.04. The average Bonchev–Trinajstić information content (AvgIpc) is 2.49. The van der Waals surface area contributed by atoms with E-state index in [0.29, 0.717) is 5.92 Å². The van der Waals surface area contributed by atoms with E-state index < -0.39 is 0 Å². The molecule has 0 saturated carbocycles. The molecule has 0 radical (unpaired) electrons.